The predicted octanol–water partition coefficient (Wildman–Crippen LogP) is 1.68. The van der Waals surface area contributed by atoms with Crippen molar-refractivity contribution in [2.75, 3.05) is 6.61 Å². The summed E-state index contributed by atoms with van der Waals surface area (Å²) < 4.78 is 0. The zero-order chi connectivity index (χ0) is 8.97. The number of carbonyl (C=O) groups is 1. The summed E-state index contributed by atoms with van der Waals surface area (Å²) in [5.41, 5.74) is 0.856. The fourth-order valence-electron chi connectivity index (χ4n) is 1.76. The maximum atomic E-state index is 11.1. The molecule has 1 atom stereocenters. The third kappa shape index (κ3) is 2.78. The zero-order valence-electron chi connectivity index (χ0n) is 7.38. The van der Waals surface area contributed by atoms with Gasteiger partial charge >= 0.3 is 0 Å². The minimum Gasteiger partial charge on any atom is -0.392 e. The first-order valence-corrected chi connectivity index (χ1v) is 4.51. The quantitative estimate of drug-likeness (QED) is 0.651. The molecule has 1 aliphatic carbocycles. The maximum Gasteiger partial charge on any atom is 0.133 e. The van der Waals surface area contributed by atoms with Crippen molar-refractivity contribution < 1.29 is 9.90 Å². The van der Waals surface area contributed by atoms with Gasteiger partial charge in [-0.3, -0.25) is 4.79 Å². The first-order valence-electron chi connectivity index (χ1n) is 4.51. The fourth-order valence-corrected chi connectivity index (χ4v) is 1.76. The summed E-state index contributed by atoms with van der Waals surface area (Å²) in [7, 11) is 0. The van der Waals surface area contributed by atoms with Gasteiger partial charge in [0.1, 0.15) is 5.78 Å². The topological polar surface area (TPSA) is 37.3 Å². The third-order valence-corrected chi connectivity index (χ3v) is 2.39. The standard InChI is InChI=1S/C10H16O2/c1-8(7-11)5-9-3-2-4-10(12)6-9/h9,11H,1-7H2. The van der Waals surface area contributed by atoms with E-state index < -0.39 is 0 Å². The highest BCUT2D eigenvalue weighted by molar-refractivity contribution is 5.79. The molecule has 0 aliphatic heterocycles. The Labute approximate surface area is 73.3 Å². The van der Waals surface area contributed by atoms with Gasteiger partial charge in [-0.25, -0.2) is 0 Å². The van der Waals surface area contributed by atoms with Crippen molar-refractivity contribution in [2.45, 2.75) is 32.1 Å². The Morgan fingerprint density at radius 3 is 3.00 bits per heavy atom. The Kier molecular flexibility index (Phi) is 3.48. The summed E-state index contributed by atoms with van der Waals surface area (Å²) in [6, 6.07) is 0. The van der Waals surface area contributed by atoms with Gasteiger partial charge < -0.3 is 5.11 Å². The van der Waals surface area contributed by atoms with Crippen LogP contribution in [0.15, 0.2) is 12.2 Å². The number of aliphatic hydroxyl groups excluding tert-OH is 1. The van der Waals surface area contributed by atoms with Crippen molar-refractivity contribution in [1.29, 1.82) is 0 Å². The second kappa shape index (κ2) is 4.41. The van der Waals surface area contributed by atoms with Gasteiger partial charge in [0.15, 0.2) is 0 Å². The van der Waals surface area contributed by atoms with E-state index in [0.717, 1.165) is 31.3 Å². The molecule has 1 unspecified atom stereocenters. The molecule has 1 fully saturated rings. The van der Waals surface area contributed by atoms with Gasteiger partial charge in [-0.15, -0.1) is 0 Å². The molecule has 2 nitrogen and oxygen atoms in total. The van der Waals surface area contributed by atoms with E-state index >= 15 is 0 Å². The van der Waals surface area contributed by atoms with Gasteiger partial charge in [0.05, 0.1) is 6.61 Å². The van der Waals surface area contributed by atoms with Gasteiger partial charge in [-0.1, -0.05) is 12.2 Å². The smallest absolute Gasteiger partial charge is 0.133 e. The summed E-state index contributed by atoms with van der Waals surface area (Å²) in [6.07, 6.45) is 4.40. The molecule has 0 aromatic carbocycles. The van der Waals surface area contributed by atoms with E-state index in [2.05, 4.69) is 6.58 Å². The molecule has 12 heavy (non-hydrogen) atoms. The van der Waals surface area contributed by atoms with Crippen molar-refractivity contribution >= 4 is 5.78 Å². The molecule has 0 aromatic heterocycles. The Morgan fingerprint density at radius 1 is 1.67 bits per heavy atom. The lowest BCUT2D eigenvalue weighted by Crippen LogP contribution is -2.15. The van der Waals surface area contributed by atoms with E-state index in [1.54, 1.807) is 0 Å². The molecule has 0 saturated heterocycles. The van der Waals surface area contributed by atoms with E-state index in [1.165, 1.54) is 0 Å². The Hall–Kier alpha value is -0.630. The lowest BCUT2D eigenvalue weighted by atomic mass is 9.84. The summed E-state index contributed by atoms with van der Waals surface area (Å²) in [4.78, 5) is 11.1. The zero-order valence-corrected chi connectivity index (χ0v) is 7.38. The molecule has 0 spiro atoms. The van der Waals surface area contributed by atoms with E-state index in [0.29, 0.717) is 18.1 Å². The number of Topliss-reactive ketones (excluding diaryl/α,β-unsaturated/α-hetero) is 1. The van der Waals surface area contributed by atoms with E-state index in [-0.39, 0.29) is 6.61 Å². The van der Waals surface area contributed by atoms with Gasteiger partial charge in [0.25, 0.3) is 0 Å². The number of ketones is 1. The number of hydrogen-bond donors (Lipinski definition) is 1. The van der Waals surface area contributed by atoms with Gasteiger partial charge in [0, 0.05) is 12.8 Å². The lowest BCUT2D eigenvalue weighted by Gasteiger charge is -2.20. The Bertz CT molecular complexity index is 184. The highest BCUT2D eigenvalue weighted by Crippen LogP contribution is 2.26. The highest BCUT2D eigenvalue weighted by Gasteiger charge is 2.19. The highest BCUT2D eigenvalue weighted by atomic mass is 16.3. The molecule has 0 heterocycles. The van der Waals surface area contributed by atoms with Crippen LogP contribution in [-0.2, 0) is 4.79 Å². The molecule has 68 valence electrons. The second-order valence-electron chi connectivity index (χ2n) is 3.61. The molecule has 1 saturated carbocycles. The van der Waals surface area contributed by atoms with Crippen LogP contribution in [0.4, 0.5) is 0 Å². The van der Waals surface area contributed by atoms with Gasteiger partial charge in [-0.2, -0.15) is 0 Å². The number of rotatable bonds is 3. The summed E-state index contributed by atoms with van der Waals surface area (Å²) >= 11 is 0. The average molecular weight is 168 g/mol. The van der Waals surface area contributed by atoms with Gasteiger partial charge in [-0.05, 0) is 25.2 Å². The molecule has 0 bridgehead atoms. The largest absolute Gasteiger partial charge is 0.392 e. The predicted molar refractivity (Wildman–Crippen MR) is 47.8 cm³/mol. The van der Waals surface area contributed by atoms with Crippen LogP contribution in [0.2, 0.25) is 0 Å². The van der Waals surface area contributed by atoms with Crippen LogP contribution in [-0.4, -0.2) is 17.5 Å². The molecule has 2 heteroatoms. The number of hydrogen-bond acceptors (Lipinski definition) is 2. The second-order valence-corrected chi connectivity index (χ2v) is 3.61. The van der Waals surface area contributed by atoms with E-state index in [4.69, 9.17) is 5.11 Å². The number of aliphatic hydroxyl groups is 1. The summed E-state index contributed by atoms with van der Waals surface area (Å²) in [5, 5.41) is 8.75. The molecular weight excluding hydrogens is 152 g/mol. The van der Waals surface area contributed by atoms with E-state index in [1.807, 2.05) is 0 Å². The van der Waals surface area contributed by atoms with Crippen LogP contribution in [0.5, 0.6) is 0 Å². The van der Waals surface area contributed by atoms with Crippen molar-refractivity contribution in [1.82, 2.24) is 0 Å². The van der Waals surface area contributed by atoms with Crippen LogP contribution in [0.25, 0.3) is 0 Å². The van der Waals surface area contributed by atoms with Crippen LogP contribution in [0, 0.1) is 5.92 Å². The number of carbonyl (C=O) groups excluding carboxylic acids is 1. The molecule has 0 amide bonds. The maximum absolute atomic E-state index is 11.1. The normalized spacial score (nSPS) is 24.1. The van der Waals surface area contributed by atoms with Crippen LogP contribution >= 0.6 is 0 Å². The first-order chi connectivity index (χ1) is 5.72. The van der Waals surface area contributed by atoms with Crippen molar-refractivity contribution in [3.8, 4) is 0 Å². The molecule has 0 aromatic rings. The molecule has 1 N–H and O–H groups in total. The van der Waals surface area contributed by atoms with Crippen LogP contribution in [0.3, 0.4) is 0 Å². The van der Waals surface area contributed by atoms with E-state index in [9.17, 15) is 4.79 Å². The minimum atomic E-state index is 0.0602. The SMILES string of the molecule is C=C(CO)CC1CCCC(=O)C1. The Balaban J connectivity index is 2.32. The van der Waals surface area contributed by atoms with Crippen LogP contribution in [0.1, 0.15) is 32.1 Å². The van der Waals surface area contributed by atoms with Crippen molar-refractivity contribution in [3.05, 3.63) is 12.2 Å². The molecule has 1 aliphatic rings. The van der Waals surface area contributed by atoms with Crippen molar-refractivity contribution in [3.63, 3.8) is 0 Å². The minimum absolute atomic E-state index is 0.0602. The monoisotopic (exact) mass is 168 g/mol. The fraction of sp³-hybridized carbons (Fsp3) is 0.700. The Morgan fingerprint density at radius 2 is 2.42 bits per heavy atom. The van der Waals surface area contributed by atoms with Crippen molar-refractivity contribution in [2.24, 2.45) is 5.92 Å². The average Bonchev–Trinajstić information content (AvgIpc) is 2.04. The summed E-state index contributed by atoms with van der Waals surface area (Å²) in [5.74, 6) is 0.822. The van der Waals surface area contributed by atoms with Gasteiger partial charge in [0.2, 0.25) is 0 Å². The third-order valence-electron chi connectivity index (χ3n) is 2.39. The lowest BCUT2D eigenvalue weighted by molar-refractivity contribution is -0.121. The molecular formula is C10H16O2. The van der Waals surface area contributed by atoms with Crippen LogP contribution < -0.4 is 0 Å². The first kappa shape index (κ1) is 9.46. The summed E-state index contributed by atoms with van der Waals surface area (Å²) in [6.45, 7) is 3.79. The molecule has 1 rings (SSSR count). The molecule has 0 radical (unpaired) electrons.